The van der Waals surface area contributed by atoms with Gasteiger partial charge < -0.3 is 9.94 Å². The summed E-state index contributed by atoms with van der Waals surface area (Å²) in [6.07, 6.45) is 8.03. The topological polar surface area (TPSA) is 41.8 Å². The Labute approximate surface area is 90.1 Å². The molecule has 0 spiro atoms. The number of methoxy groups -OCH3 is 1. The molecule has 1 atom stereocenters. The van der Waals surface area contributed by atoms with Crippen LogP contribution in [-0.2, 0) is 4.74 Å². The summed E-state index contributed by atoms with van der Waals surface area (Å²) in [5.41, 5.74) is 2.07. The average molecular weight is 207 g/mol. The fourth-order valence-electron chi connectivity index (χ4n) is 2.48. The predicted octanol–water partition coefficient (Wildman–Crippen LogP) is 2.87. The lowest BCUT2D eigenvalue weighted by molar-refractivity contribution is 0.253. The van der Waals surface area contributed by atoms with E-state index in [4.69, 9.17) is 9.94 Å². The van der Waals surface area contributed by atoms with Crippen molar-refractivity contribution in [3.63, 3.8) is 0 Å². The van der Waals surface area contributed by atoms with Gasteiger partial charge in [0.2, 0.25) is 0 Å². The summed E-state index contributed by atoms with van der Waals surface area (Å²) in [4.78, 5) is 0. The van der Waals surface area contributed by atoms with Crippen molar-refractivity contribution in [2.24, 2.45) is 10.6 Å². The minimum atomic E-state index is -0.0744. The number of hydrogen-bond donors (Lipinski definition) is 1. The molecule has 2 aliphatic carbocycles. The first-order chi connectivity index (χ1) is 7.20. The molecular formula is C12H17NO2. The molecule has 0 heterocycles. The Kier molecular flexibility index (Phi) is 2.55. The van der Waals surface area contributed by atoms with E-state index >= 15 is 0 Å². The van der Waals surface area contributed by atoms with Gasteiger partial charge in [-0.15, -0.1) is 0 Å². The van der Waals surface area contributed by atoms with Crippen LogP contribution in [0, 0.1) is 5.41 Å². The van der Waals surface area contributed by atoms with Crippen LogP contribution in [0.1, 0.15) is 32.6 Å². The molecule has 0 amide bonds. The van der Waals surface area contributed by atoms with E-state index in [1.165, 1.54) is 5.57 Å². The Balaban J connectivity index is 2.40. The van der Waals surface area contributed by atoms with E-state index in [0.717, 1.165) is 37.2 Å². The molecule has 0 aromatic rings. The summed E-state index contributed by atoms with van der Waals surface area (Å²) in [5.74, 6) is 1.03. The van der Waals surface area contributed by atoms with Crippen molar-refractivity contribution < 1.29 is 9.94 Å². The molecule has 2 aliphatic rings. The predicted molar refractivity (Wildman–Crippen MR) is 59.0 cm³/mol. The molecule has 0 bridgehead atoms. The Hall–Kier alpha value is -1.25. The fraction of sp³-hybridized carbons (Fsp3) is 0.583. The number of hydrogen-bond acceptors (Lipinski definition) is 3. The van der Waals surface area contributed by atoms with E-state index in [0.29, 0.717) is 0 Å². The van der Waals surface area contributed by atoms with Crippen molar-refractivity contribution in [2.75, 3.05) is 7.11 Å². The second kappa shape index (κ2) is 3.72. The van der Waals surface area contributed by atoms with Crippen molar-refractivity contribution in [1.29, 1.82) is 0 Å². The molecule has 15 heavy (non-hydrogen) atoms. The van der Waals surface area contributed by atoms with Crippen LogP contribution in [0.2, 0.25) is 0 Å². The van der Waals surface area contributed by atoms with Crippen LogP contribution in [0.25, 0.3) is 0 Å². The maximum atomic E-state index is 9.03. The van der Waals surface area contributed by atoms with Crippen LogP contribution < -0.4 is 0 Å². The van der Waals surface area contributed by atoms with Crippen molar-refractivity contribution in [3.8, 4) is 0 Å². The molecule has 0 fully saturated rings. The van der Waals surface area contributed by atoms with Crippen molar-refractivity contribution in [1.82, 2.24) is 0 Å². The zero-order valence-corrected chi connectivity index (χ0v) is 9.29. The number of rotatable bonds is 1. The third-order valence-corrected chi connectivity index (χ3v) is 3.59. The molecule has 3 nitrogen and oxygen atoms in total. The van der Waals surface area contributed by atoms with Crippen LogP contribution in [0.5, 0.6) is 0 Å². The van der Waals surface area contributed by atoms with Gasteiger partial charge in [0, 0.05) is 11.8 Å². The Morgan fingerprint density at radius 2 is 2.27 bits per heavy atom. The van der Waals surface area contributed by atoms with Gasteiger partial charge in [0.05, 0.1) is 18.6 Å². The van der Waals surface area contributed by atoms with Gasteiger partial charge in [-0.25, -0.2) is 0 Å². The molecule has 0 aliphatic heterocycles. The average Bonchev–Trinajstić information content (AvgIpc) is 2.27. The SMILES string of the molecule is COC1=CC2=CCC/C(=N/O)C2(C)CC1. The normalized spacial score (nSPS) is 33.1. The maximum absolute atomic E-state index is 9.03. The second-order valence-electron chi connectivity index (χ2n) is 4.39. The number of allylic oxidation sites excluding steroid dienone is 4. The summed E-state index contributed by atoms with van der Waals surface area (Å²) < 4.78 is 5.27. The summed E-state index contributed by atoms with van der Waals surface area (Å²) >= 11 is 0. The summed E-state index contributed by atoms with van der Waals surface area (Å²) in [6, 6.07) is 0. The van der Waals surface area contributed by atoms with Gasteiger partial charge >= 0.3 is 0 Å². The molecular weight excluding hydrogens is 190 g/mol. The van der Waals surface area contributed by atoms with E-state index in [1.54, 1.807) is 7.11 Å². The third kappa shape index (κ3) is 1.56. The first-order valence-electron chi connectivity index (χ1n) is 5.37. The first kappa shape index (κ1) is 10.3. The molecule has 0 saturated heterocycles. The number of ether oxygens (including phenoxy) is 1. The van der Waals surface area contributed by atoms with Crippen molar-refractivity contribution in [3.05, 3.63) is 23.5 Å². The summed E-state index contributed by atoms with van der Waals surface area (Å²) in [5, 5.41) is 12.5. The zero-order chi connectivity index (χ0) is 10.9. The molecule has 0 aromatic carbocycles. The van der Waals surface area contributed by atoms with Crippen LogP contribution in [0.15, 0.2) is 28.6 Å². The zero-order valence-electron chi connectivity index (χ0n) is 9.29. The minimum absolute atomic E-state index is 0.0744. The fourth-order valence-corrected chi connectivity index (χ4v) is 2.48. The Morgan fingerprint density at radius 3 is 2.93 bits per heavy atom. The smallest absolute Gasteiger partial charge is 0.0958 e. The van der Waals surface area contributed by atoms with E-state index in [9.17, 15) is 0 Å². The Morgan fingerprint density at radius 1 is 1.47 bits per heavy atom. The van der Waals surface area contributed by atoms with Crippen LogP contribution in [-0.4, -0.2) is 18.0 Å². The largest absolute Gasteiger partial charge is 0.501 e. The van der Waals surface area contributed by atoms with Crippen LogP contribution >= 0.6 is 0 Å². The number of oxime groups is 1. The van der Waals surface area contributed by atoms with E-state index < -0.39 is 0 Å². The van der Waals surface area contributed by atoms with E-state index in [2.05, 4.69) is 24.2 Å². The second-order valence-corrected chi connectivity index (χ2v) is 4.39. The third-order valence-electron chi connectivity index (χ3n) is 3.59. The lowest BCUT2D eigenvalue weighted by Gasteiger charge is -2.38. The highest BCUT2D eigenvalue weighted by molar-refractivity contribution is 5.94. The van der Waals surface area contributed by atoms with Crippen molar-refractivity contribution in [2.45, 2.75) is 32.6 Å². The molecule has 2 rings (SSSR count). The molecule has 1 unspecified atom stereocenters. The van der Waals surface area contributed by atoms with Gasteiger partial charge in [0.25, 0.3) is 0 Å². The van der Waals surface area contributed by atoms with Gasteiger partial charge in [0.15, 0.2) is 0 Å². The van der Waals surface area contributed by atoms with Gasteiger partial charge in [-0.3, -0.25) is 0 Å². The number of nitrogens with zero attached hydrogens (tertiary/aromatic N) is 1. The molecule has 0 saturated carbocycles. The lowest BCUT2D eigenvalue weighted by Crippen LogP contribution is -2.34. The van der Waals surface area contributed by atoms with Gasteiger partial charge in [-0.2, -0.15) is 0 Å². The molecule has 3 heteroatoms. The Bertz CT molecular complexity index is 355. The molecule has 82 valence electrons. The van der Waals surface area contributed by atoms with E-state index in [-0.39, 0.29) is 5.41 Å². The highest BCUT2D eigenvalue weighted by Gasteiger charge is 2.38. The van der Waals surface area contributed by atoms with Gasteiger partial charge in [0.1, 0.15) is 0 Å². The highest BCUT2D eigenvalue weighted by Crippen LogP contribution is 2.44. The molecule has 1 N–H and O–H groups in total. The van der Waals surface area contributed by atoms with E-state index in [1.807, 2.05) is 0 Å². The summed E-state index contributed by atoms with van der Waals surface area (Å²) in [7, 11) is 1.71. The minimum Gasteiger partial charge on any atom is -0.501 e. The van der Waals surface area contributed by atoms with Gasteiger partial charge in [-0.1, -0.05) is 18.2 Å². The number of fused-ring (bicyclic) bond motifs is 1. The molecule has 0 aromatic heterocycles. The van der Waals surface area contributed by atoms with Crippen LogP contribution in [0.4, 0.5) is 0 Å². The van der Waals surface area contributed by atoms with Gasteiger partial charge in [-0.05, 0) is 30.9 Å². The van der Waals surface area contributed by atoms with Crippen molar-refractivity contribution >= 4 is 5.71 Å². The van der Waals surface area contributed by atoms with Crippen LogP contribution in [0.3, 0.4) is 0 Å². The highest BCUT2D eigenvalue weighted by atomic mass is 16.5. The quantitative estimate of drug-likeness (QED) is 0.530. The first-order valence-corrected chi connectivity index (χ1v) is 5.37. The lowest BCUT2D eigenvalue weighted by atomic mass is 9.67. The maximum Gasteiger partial charge on any atom is 0.0958 e. The monoisotopic (exact) mass is 207 g/mol. The standard InChI is InChI=1S/C12H17NO2/c1-12-7-6-10(15-2)8-9(12)4-3-5-11(12)13-14/h4,8,14H,3,5-7H2,1-2H3/b13-11-. The summed E-state index contributed by atoms with van der Waals surface area (Å²) in [6.45, 7) is 2.15. The molecule has 0 radical (unpaired) electrons.